The number of aromatic nitrogens is 1. The van der Waals surface area contributed by atoms with Crippen LogP contribution in [0.25, 0.3) is 0 Å². The van der Waals surface area contributed by atoms with Gasteiger partial charge in [-0.3, -0.25) is 9.59 Å². The molecular weight excluding hydrogens is 236 g/mol. The van der Waals surface area contributed by atoms with E-state index in [4.69, 9.17) is 9.84 Å². The Bertz CT molecular complexity index is 434. The number of carbonyl (C=O) groups excluding carboxylic acids is 1. The highest BCUT2D eigenvalue weighted by molar-refractivity contribution is 5.95. The van der Waals surface area contributed by atoms with E-state index < -0.39 is 17.9 Å². The van der Waals surface area contributed by atoms with E-state index in [0.717, 1.165) is 0 Å². The molecule has 1 atom stereocenters. The number of carboxylic acids is 1. The number of hydrogen-bond acceptors (Lipinski definition) is 4. The summed E-state index contributed by atoms with van der Waals surface area (Å²) < 4.78 is 5.02. The number of aliphatic carboxylic acids is 1. The fourth-order valence-electron chi connectivity index (χ4n) is 1.49. The number of carbonyl (C=O) groups is 2. The van der Waals surface area contributed by atoms with E-state index in [1.807, 2.05) is 6.92 Å². The zero-order valence-electron chi connectivity index (χ0n) is 10.3. The molecule has 0 aromatic carbocycles. The molecule has 1 aromatic rings. The molecule has 1 rings (SSSR count). The van der Waals surface area contributed by atoms with Gasteiger partial charge in [-0.1, -0.05) is 6.92 Å². The monoisotopic (exact) mass is 252 g/mol. The normalized spacial score (nSPS) is 11.7. The van der Waals surface area contributed by atoms with E-state index in [0.29, 0.717) is 12.2 Å². The number of methoxy groups -OCH3 is 1. The van der Waals surface area contributed by atoms with Gasteiger partial charge in [-0.05, 0) is 18.6 Å². The van der Waals surface area contributed by atoms with Gasteiger partial charge < -0.3 is 15.2 Å². The van der Waals surface area contributed by atoms with Crippen LogP contribution in [-0.2, 0) is 4.79 Å². The number of nitrogens with one attached hydrogen (secondary N) is 1. The van der Waals surface area contributed by atoms with Gasteiger partial charge in [0, 0.05) is 12.2 Å². The van der Waals surface area contributed by atoms with E-state index in [1.165, 1.54) is 13.3 Å². The number of carboxylic acid groups (broad SMARTS) is 1. The SMILES string of the molecule is CCC(CC(=O)O)NC(=O)c1ncccc1OC. The molecule has 1 unspecified atom stereocenters. The molecule has 0 aliphatic heterocycles. The lowest BCUT2D eigenvalue weighted by Gasteiger charge is -2.15. The van der Waals surface area contributed by atoms with Crippen molar-refractivity contribution in [2.45, 2.75) is 25.8 Å². The van der Waals surface area contributed by atoms with Crippen molar-refractivity contribution in [3.63, 3.8) is 0 Å². The van der Waals surface area contributed by atoms with Crippen molar-refractivity contribution in [3.8, 4) is 5.75 Å². The van der Waals surface area contributed by atoms with E-state index in [-0.39, 0.29) is 12.1 Å². The van der Waals surface area contributed by atoms with E-state index >= 15 is 0 Å². The van der Waals surface area contributed by atoms with Gasteiger partial charge in [0.05, 0.1) is 13.5 Å². The lowest BCUT2D eigenvalue weighted by molar-refractivity contribution is -0.137. The summed E-state index contributed by atoms with van der Waals surface area (Å²) in [5.41, 5.74) is 0.156. The summed E-state index contributed by atoms with van der Waals surface area (Å²) in [5, 5.41) is 11.3. The third-order valence-electron chi connectivity index (χ3n) is 2.45. The van der Waals surface area contributed by atoms with Gasteiger partial charge in [0.1, 0.15) is 5.75 Å². The van der Waals surface area contributed by atoms with Crippen molar-refractivity contribution >= 4 is 11.9 Å². The first-order valence-corrected chi connectivity index (χ1v) is 5.60. The average Bonchev–Trinajstić information content (AvgIpc) is 2.37. The summed E-state index contributed by atoms with van der Waals surface area (Å²) >= 11 is 0. The fraction of sp³-hybridized carbons (Fsp3) is 0.417. The predicted molar refractivity (Wildman–Crippen MR) is 64.6 cm³/mol. The lowest BCUT2D eigenvalue weighted by Crippen LogP contribution is -2.36. The van der Waals surface area contributed by atoms with E-state index in [9.17, 15) is 9.59 Å². The third kappa shape index (κ3) is 3.73. The van der Waals surface area contributed by atoms with E-state index in [2.05, 4.69) is 10.3 Å². The molecule has 0 saturated heterocycles. The summed E-state index contributed by atoms with van der Waals surface area (Å²) in [4.78, 5) is 26.5. The lowest BCUT2D eigenvalue weighted by atomic mass is 10.1. The maximum Gasteiger partial charge on any atom is 0.305 e. The van der Waals surface area contributed by atoms with Gasteiger partial charge in [-0.25, -0.2) is 4.98 Å². The highest BCUT2D eigenvalue weighted by atomic mass is 16.5. The second-order valence-electron chi connectivity index (χ2n) is 3.73. The van der Waals surface area contributed by atoms with Gasteiger partial charge in [-0.15, -0.1) is 0 Å². The summed E-state index contributed by atoms with van der Waals surface area (Å²) in [5.74, 6) is -1.02. The zero-order valence-corrected chi connectivity index (χ0v) is 10.3. The molecule has 0 radical (unpaired) electrons. The zero-order chi connectivity index (χ0) is 13.5. The Morgan fingerprint density at radius 2 is 2.28 bits per heavy atom. The quantitative estimate of drug-likeness (QED) is 0.790. The highest BCUT2D eigenvalue weighted by Crippen LogP contribution is 2.14. The highest BCUT2D eigenvalue weighted by Gasteiger charge is 2.18. The van der Waals surface area contributed by atoms with Crippen LogP contribution in [0.2, 0.25) is 0 Å². The van der Waals surface area contributed by atoms with Crippen molar-refractivity contribution in [2.24, 2.45) is 0 Å². The van der Waals surface area contributed by atoms with Crippen LogP contribution in [0.5, 0.6) is 5.75 Å². The summed E-state index contributed by atoms with van der Waals surface area (Å²) in [7, 11) is 1.45. The van der Waals surface area contributed by atoms with Crippen LogP contribution in [0.3, 0.4) is 0 Å². The Hall–Kier alpha value is -2.11. The second kappa shape index (κ2) is 6.58. The molecule has 0 aliphatic rings. The number of ether oxygens (including phenoxy) is 1. The van der Waals surface area contributed by atoms with Gasteiger partial charge in [0.15, 0.2) is 5.69 Å². The number of pyridine rings is 1. The fourth-order valence-corrected chi connectivity index (χ4v) is 1.49. The number of hydrogen-bond donors (Lipinski definition) is 2. The average molecular weight is 252 g/mol. The second-order valence-corrected chi connectivity index (χ2v) is 3.73. The van der Waals surface area contributed by atoms with Gasteiger partial charge in [0.25, 0.3) is 5.91 Å². The standard InChI is InChI=1S/C12H16N2O4/c1-3-8(7-10(15)16)14-12(17)11-9(18-2)5-4-6-13-11/h4-6,8H,3,7H2,1-2H3,(H,14,17)(H,15,16). The Balaban J connectivity index is 2.77. The molecule has 2 N–H and O–H groups in total. The van der Waals surface area contributed by atoms with Crippen molar-refractivity contribution < 1.29 is 19.4 Å². The molecule has 1 aromatic heterocycles. The molecule has 1 amide bonds. The van der Waals surface area contributed by atoms with Gasteiger partial charge in [-0.2, -0.15) is 0 Å². The van der Waals surface area contributed by atoms with Crippen molar-refractivity contribution in [2.75, 3.05) is 7.11 Å². The molecule has 0 spiro atoms. The Labute approximate surface area is 105 Å². The molecule has 0 bridgehead atoms. The first-order chi connectivity index (χ1) is 8.58. The molecular formula is C12H16N2O4. The van der Waals surface area contributed by atoms with Gasteiger partial charge in [0.2, 0.25) is 0 Å². The van der Waals surface area contributed by atoms with E-state index in [1.54, 1.807) is 12.1 Å². The molecule has 0 saturated carbocycles. The molecule has 6 nitrogen and oxygen atoms in total. The van der Waals surface area contributed by atoms with Crippen LogP contribution in [0.15, 0.2) is 18.3 Å². The predicted octanol–water partition coefficient (Wildman–Crippen LogP) is 1.07. The molecule has 98 valence electrons. The Kier molecular flexibility index (Phi) is 5.10. The minimum Gasteiger partial charge on any atom is -0.494 e. The first kappa shape index (κ1) is 14.0. The summed E-state index contributed by atoms with van der Waals surface area (Å²) in [6, 6.07) is 2.87. The molecule has 0 fully saturated rings. The largest absolute Gasteiger partial charge is 0.494 e. The maximum atomic E-state index is 11.9. The molecule has 0 aliphatic carbocycles. The van der Waals surface area contributed by atoms with Crippen LogP contribution in [0, 0.1) is 0 Å². The first-order valence-electron chi connectivity index (χ1n) is 5.60. The van der Waals surface area contributed by atoms with Crippen LogP contribution in [0.4, 0.5) is 0 Å². The third-order valence-corrected chi connectivity index (χ3v) is 2.45. The maximum absolute atomic E-state index is 11.9. The van der Waals surface area contributed by atoms with Crippen LogP contribution in [-0.4, -0.2) is 35.1 Å². The topological polar surface area (TPSA) is 88.5 Å². The number of nitrogens with zero attached hydrogens (tertiary/aromatic N) is 1. The van der Waals surface area contributed by atoms with Crippen LogP contribution >= 0.6 is 0 Å². The minimum absolute atomic E-state index is 0.114. The van der Waals surface area contributed by atoms with Crippen LogP contribution in [0.1, 0.15) is 30.3 Å². The molecule has 6 heteroatoms. The van der Waals surface area contributed by atoms with Crippen molar-refractivity contribution in [1.82, 2.24) is 10.3 Å². The Morgan fingerprint density at radius 3 is 2.83 bits per heavy atom. The van der Waals surface area contributed by atoms with Gasteiger partial charge >= 0.3 is 5.97 Å². The van der Waals surface area contributed by atoms with Crippen molar-refractivity contribution in [3.05, 3.63) is 24.0 Å². The number of amides is 1. The molecule has 18 heavy (non-hydrogen) atoms. The minimum atomic E-state index is -0.949. The smallest absolute Gasteiger partial charge is 0.305 e. The summed E-state index contributed by atoms with van der Waals surface area (Å²) in [6.07, 6.45) is 1.90. The van der Waals surface area contributed by atoms with Crippen molar-refractivity contribution in [1.29, 1.82) is 0 Å². The molecule has 1 heterocycles. The number of rotatable bonds is 6. The Morgan fingerprint density at radius 1 is 1.56 bits per heavy atom. The summed E-state index contributed by atoms with van der Waals surface area (Å²) in [6.45, 7) is 1.81. The van der Waals surface area contributed by atoms with Crippen LogP contribution < -0.4 is 10.1 Å².